The van der Waals surface area contributed by atoms with Gasteiger partial charge in [-0.05, 0) is 37.3 Å². The number of carbonyl (C=O) groups is 1. The molecule has 0 radical (unpaired) electrons. The van der Waals surface area contributed by atoms with Crippen molar-refractivity contribution in [2.24, 2.45) is 0 Å². The highest BCUT2D eigenvalue weighted by Gasteiger charge is 2.10. The molecule has 112 valence electrons. The Morgan fingerprint density at radius 2 is 2.20 bits per heavy atom. The number of aliphatic hydroxyl groups is 1. The van der Waals surface area contributed by atoms with E-state index in [4.69, 9.17) is 10.8 Å². The Morgan fingerprint density at radius 1 is 1.40 bits per heavy atom. The molecule has 1 aromatic carbocycles. The monoisotopic (exact) mass is 297 g/mol. The molecule has 0 spiro atoms. The molecule has 0 aliphatic rings. The van der Waals surface area contributed by atoms with Crippen LogP contribution in [0.1, 0.15) is 23.7 Å². The van der Waals surface area contributed by atoms with Crippen molar-refractivity contribution in [3.8, 4) is 0 Å². The van der Waals surface area contributed by atoms with Crippen molar-refractivity contribution in [2.45, 2.75) is 13.3 Å². The standard InChI is InChI=1S/C14H23N3O2S/c1-2-16-14(19)12-5-4-11(15)10-13(12)17-6-9-20-8-3-7-18/h4-5,10,17-18H,2-3,6-9,15H2,1H3,(H,16,19). The predicted molar refractivity (Wildman–Crippen MR) is 86.4 cm³/mol. The number of nitrogens with two attached hydrogens (primary N) is 1. The topological polar surface area (TPSA) is 87.4 Å². The molecule has 0 aliphatic heterocycles. The first-order chi connectivity index (χ1) is 9.69. The van der Waals surface area contributed by atoms with E-state index in [0.29, 0.717) is 17.8 Å². The van der Waals surface area contributed by atoms with Gasteiger partial charge in [0, 0.05) is 36.8 Å². The SMILES string of the molecule is CCNC(=O)c1ccc(N)cc1NCCSCCCO. The molecule has 6 heteroatoms. The van der Waals surface area contributed by atoms with Crippen LogP contribution in [-0.2, 0) is 0 Å². The molecule has 0 bridgehead atoms. The van der Waals surface area contributed by atoms with E-state index in [2.05, 4.69) is 10.6 Å². The minimum Gasteiger partial charge on any atom is -0.399 e. The smallest absolute Gasteiger partial charge is 0.253 e. The van der Waals surface area contributed by atoms with Crippen LogP contribution in [0.5, 0.6) is 0 Å². The van der Waals surface area contributed by atoms with E-state index in [1.165, 1.54) is 0 Å². The number of anilines is 2. The van der Waals surface area contributed by atoms with Crippen LogP contribution >= 0.6 is 11.8 Å². The van der Waals surface area contributed by atoms with Crippen molar-refractivity contribution >= 4 is 29.0 Å². The lowest BCUT2D eigenvalue weighted by Crippen LogP contribution is -2.24. The first-order valence-electron chi connectivity index (χ1n) is 6.79. The van der Waals surface area contributed by atoms with Gasteiger partial charge < -0.3 is 21.5 Å². The van der Waals surface area contributed by atoms with Crippen LogP contribution in [0.25, 0.3) is 0 Å². The maximum absolute atomic E-state index is 11.9. The summed E-state index contributed by atoms with van der Waals surface area (Å²) < 4.78 is 0. The van der Waals surface area contributed by atoms with Crippen LogP contribution in [0.3, 0.4) is 0 Å². The lowest BCUT2D eigenvalue weighted by molar-refractivity contribution is 0.0956. The van der Waals surface area contributed by atoms with Crippen molar-refractivity contribution in [3.05, 3.63) is 23.8 Å². The number of nitrogens with one attached hydrogen (secondary N) is 2. The number of amides is 1. The van der Waals surface area contributed by atoms with E-state index in [9.17, 15) is 4.79 Å². The van der Waals surface area contributed by atoms with Gasteiger partial charge in [-0.3, -0.25) is 4.79 Å². The number of hydrogen-bond donors (Lipinski definition) is 4. The molecule has 0 fully saturated rings. The molecule has 0 aromatic heterocycles. The number of aliphatic hydroxyl groups excluding tert-OH is 1. The van der Waals surface area contributed by atoms with E-state index in [1.54, 1.807) is 30.0 Å². The summed E-state index contributed by atoms with van der Waals surface area (Å²) in [6, 6.07) is 5.25. The number of thioether (sulfide) groups is 1. The Kier molecular flexibility index (Phi) is 7.91. The average molecular weight is 297 g/mol. The van der Waals surface area contributed by atoms with E-state index in [0.717, 1.165) is 30.2 Å². The Balaban J connectivity index is 2.54. The molecule has 20 heavy (non-hydrogen) atoms. The third-order valence-electron chi connectivity index (χ3n) is 2.63. The highest BCUT2D eigenvalue weighted by molar-refractivity contribution is 7.99. The van der Waals surface area contributed by atoms with Gasteiger partial charge in [0.15, 0.2) is 0 Å². The lowest BCUT2D eigenvalue weighted by atomic mass is 10.1. The Labute approximate surface area is 124 Å². The van der Waals surface area contributed by atoms with Crippen molar-refractivity contribution in [2.75, 3.05) is 42.3 Å². The largest absolute Gasteiger partial charge is 0.399 e. The van der Waals surface area contributed by atoms with Crippen molar-refractivity contribution < 1.29 is 9.90 Å². The fourth-order valence-electron chi connectivity index (χ4n) is 1.69. The second kappa shape index (κ2) is 9.50. The Morgan fingerprint density at radius 3 is 2.90 bits per heavy atom. The molecule has 1 amide bonds. The molecule has 0 aliphatic carbocycles. The molecule has 0 heterocycles. The van der Waals surface area contributed by atoms with Crippen LogP contribution in [0.4, 0.5) is 11.4 Å². The zero-order valence-corrected chi connectivity index (χ0v) is 12.6. The molecule has 1 aromatic rings. The van der Waals surface area contributed by atoms with Crippen LogP contribution in [0.2, 0.25) is 0 Å². The highest BCUT2D eigenvalue weighted by atomic mass is 32.2. The van der Waals surface area contributed by atoms with Crippen LogP contribution < -0.4 is 16.4 Å². The van der Waals surface area contributed by atoms with E-state index in [-0.39, 0.29) is 12.5 Å². The van der Waals surface area contributed by atoms with Gasteiger partial charge in [0.2, 0.25) is 0 Å². The summed E-state index contributed by atoms with van der Waals surface area (Å²) in [5, 5.41) is 14.7. The van der Waals surface area contributed by atoms with Gasteiger partial charge in [-0.25, -0.2) is 0 Å². The van der Waals surface area contributed by atoms with E-state index in [1.807, 2.05) is 6.92 Å². The minimum atomic E-state index is -0.0945. The van der Waals surface area contributed by atoms with Gasteiger partial charge >= 0.3 is 0 Å². The number of rotatable bonds is 9. The molecule has 0 unspecified atom stereocenters. The molecule has 0 saturated heterocycles. The first-order valence-corrected chi connectivity index (χ1v) is 7.94. The summed E-state index contributed by atoms with van der Waals surface area (Å²) in [4.78, 5) is 11.9. The molecular weight excluding hydrogens is 274 g/mol. The molecule has 0 saturated carbocycles. The van der Waals surface area contributed by atoms with Crippen molar-refractivity contribution in [1.82, 2.24) is 5.32 Å². The Hall–Kier alpha value is -1.40. The minimum absolute atomic E-state index is 0.0945. The fourth-order valence-corrected chi connectivity index (χ4v) is 2.47. The van der Waals surface area contributed by atoms with Gasteiger partial charge in [0.25, 0.3) is 5.91 Å². The first kappa shape index (κ1) is 16.7. The van der Waals surface area contributed by atoms with Crippen molar-refractivity contribution in [3.63, 3.8) is 0 Å². The molecule has 5 N–H and O–H groups in total. The highest BCUT2D eigenvalue weighted by Crippen LogP contribution is 2.19. The van der Waals surface area contributed by atoms with Gasteiger partial charge in [0.05, 0.1) is 5.56 Å². The maximum Gasteiger partial charge on any atom is 0.253 e. The van der Waals surface area contributed by atoms with Gasteiger partial charge in [-0.1, -0.05) is 0 Å². The average Bonchev–Trinajstić information content (AvgIpc) is 2.43. The second-order valence-corrected chi connectivity index (χ2v) is 5.51. The number of nitrogen functional groups attached to an aromatic ring is 1. The van der Waals surface area contributed by atoms with E-state index < -0.39 is 0 Å². The summed E-state index contributed by atoms with van der Waals surface area (Å²) in [5.74, 6) is 1.77. The zero-order chi connectivity index (χ0) is 14.8. The zero-order valence-electron chi connectivity index (χ0n) is 11.8. The number of benzene rings is 1. The van der Waals surface area contributed by atoms with Gasteiger partial charge in [-0.2, -0.15) is 11.8 Å². The summed E-state index contributed by atoms with van der Waals surface area (Å²) in [6.45, 7) is 3.47. The van der Waals surface area contributed by atoms with Gasteiger partial charge in [0.1, 0.15) is 0 Å². The van der Waals surface area contributed by atoms with Crippen LogP contribution in [0.15, 0.2) is 18.2 Å². The summed E-state index contributed by atoms with van der Waals surface area (Å²) in [7, 11) is 0. The summed E-state index contributed by atoms with van der Waals surface area (Å²) >= 11 is 1.77. The molecule has 1 rings (SSSR count). The maximum atomic E-state index is 11.9. The summed E-state index contributed by atoms with van der Waals surface area (Å²) in [6.07, 6.45) is 0.813. The number of carbonyl (C=O) groups excluding carboxylic acids is 1. The molecular formula is C14H23N3O2S. The quantitative estimate of drug-likeness (QED) is 0.410. The van der Waals surface area contributed by atoms with Gasteiger partial charge in [-0.15, -0.1) is 0 Å². The van der Waals surface area contributed by atoms with Crippen molar-refractivity contribution in [1.29, 1.82) is 0 Å². The van der Waals surface area contributed by atoms with E-state index >= 15 is 0 Å². The third kappa shape index (κ3) is 5.71. The second-order valence-electron chi connectivity index (χ2n) is 4.28. The predicted octanol–water partition coefficient (Wildman–Crippen LogP) is 1.55. The molecule has 5 nitrogen and oxygen atoms in total. The lowest BCUT2D eigenvalue weighted by Gasteiger charge is -2.12. The molecule has 0 atom stereocenters. The van der Waals surface area contributed by atoms with Crippen LogP contribution in [-0.4, -0.2) is 42.2 Å². The third-order valence-corrected chi connectivity index (χ3v) is 3.70. The number of hydrogen-bond acceptors (Lipinski definition) is 5. The summed E-state index contributed by atoms with van der Waals surface area (Å²) in [5.41, 5.74) is 7.77. The Bertz CT molecular complexity index is 427. The van der Waals surface area contributed by atoms with Crippen LogP contribution in [0, 0.1) is 0 Å². The fraction of sp³-hybridized carbons (Fsp3) is 0.500. The normalized spacial score (nSPS) is 10.3.